The van der Waals surface area contributed by atoms with Gasteiger partial charge in [0.25, 0.3) is 5.89 Å². The largest absolute Gasteiger partial charge is 0.452 e. The van der Waals surface area contributed by atoms with E-state index in [1.54, 1.807) is 32.0 Å². The fourth-order valence-corrected chi connectivity index (χ4v) is 1.78. The first kappa shape index (κ1) is 14.7. The zero-order valence-corrected chi connectivity index (χ0v) is 12.0. The lowest BCUT2D eigenvalue weighted by Gasteiger charge is -2.11. The number of nitrogens with one attached hydrogen (secondary N) is 1. The predicted octanol–water partition coefficient (Wildman–Crippen LogP) is 2.00. The Morgan fingerprint density at radius 3 is 2.67 bits per heavy atom. The van der Waals surface area contributed by atoms with E-state index in [1.165, 1.54) is 6.92 Å². The summed E-state index contributed by atoms with van der Waals surface area (Å²) in [6.45, 7) is 4.70. The van der Waals surface area contributed by atoms with Crippen molar-refractivity contribution in [1.29, 1.82) is 0 Å². The zero-order valence-electron chi connectivity index (χ0n) is 12.0. The summed E-state index contributed by atoms with van der Waals surface area (Å²) in [7, 11) is 0. The Morgan fingerprint density at radius 1 is 1.29 bits per heavy atom. The predicted molar refractivity (Wildman–Crippen MR) is 73.6 cm³/mol. The first-order chi connectivity index (χ1) is 9.97. The highest BCUT2D eigenvalue weighted by molar-refractivity contribution is 6.01. The highest BCUT2D eigenvalue weighted by atomic mass is 16.5. The third-order valence-corrected chi connectivity index (χ3v) is 2.69. The molecule has 0 spiro atoms. The van der Waals surface area contributed by atoms with Crippen molar-refractivity contribution in [2.75, 3.05) is 5.32 Å². The van der Waals surface area contributed by atoms with Crippen molar-refractivity contribution in [3.05, 3.63) is 41.1 Å². The second kappa shape index (κ2) is 6.17. The fourth-order valence-electron chi connectivity index (χ4n) is 1.78. The van der Waals surface area contributed by atoms with Gasteiger partial charge in [0.2, 0.25) is 11.8 Å². The van der Waals surface area contributed by atoms with E-state index in [1.807, 2.05) is 0 Å². The SMILES string of the molecule is CC(=O)Nc1c(C)cccc1C(=O)OCc1nnc(C)o1. The van der Waals surface area contributed by atoms with Crippen LogP contribution in [0.25, 0.3) is 0 Å². The van der Waals surface area contributed by atoms with Gasteiger partial charge < -0.3 is 14.5 Å². The molecule has 0 saturated heterocycles. The van der Waals surface area contributed by atoms with E-state index < -0.39 is 5.97 Å². The van der Waals surface area contributed by atoms with Gasteiger partial charge in [-0.05, 0) is 18.6 Å². The third kappa shape index (κ3) is 3.65. The Morgan fingerprint density at radius 2 is 2.05 bits per heavy atom. The third-order valence-electron chi connectivity index (χ3n) is 2.69. The summed E-state index contributed by atoms with van der Waals surface area (Å²) in [5.41, 5.74) is 1.49. The van der Waals surface area contributed by atoms with E-state index in [-0.39, 0.29) is 24.0 Å². The van der Waals surface area contributed by atoms with Gasteiger partial charge in [0.05, 0.1) is 11.3 Å². The van der Waals surface area contributed by atoms with Crippen LogP contribution in [0.4, 0.5) is 5.69 Å². The van der Waals surface area contributed by atoms with Crippen molar-refractivity contribution < 1.29 is 18.7 Å². The molecule has 1 aromatic heterocycles. The van der Waals surface area contributed by atoms with E-state index in [4.69, 9.17) is 9.15 Å². The number of hydrogen-bond acceptors (Lipinski definition) is 6. The Bertz CT molecular complexity index is 679. The number of carbonyl (C=O) groups is 2. The second-order valence-electron chi connectivity index (χ2n) is 4.47. The average Bonchev–Trinajstić information content (AvgIpc) is 2.84. The number of hydrogen-bond donors (Lipinski definition) is 1. The van der Waals surface area contributed by atoms with Gasteiger partial charge in [-0.15, -0.1) is 10.2 Å². The Labute approximate surface area is 121 Å². The minimum atomic E-state index is -0.571. The van der Waals surface area contributed by atoms with Crippen molar-refractivity contribution >= 4 is 17.6 Å². The van der Waals surface area contributed by atoms with Crippen LogP contribution in [0.2, 0.25) is 0 Å². The number of para-hydroxylation sites is 1. The maximum Gasteiger partial charge on any atom is 0.340 e. The molecule has 0 aliphatic heterocycles. The monoisotopic (exact) mass is 289 g/mol. The highest BCUT2D eigenvalue weighted by Crippen LogP contribution is 2.21. The lowest BCUT2D eigenvalue weighted by atomic mass is 10.1. The molecule has 0 atom stereocenters. The normalized spacial score (nSPS) is 10.2. The van der Waals surface area contributed by atoms with Gasteiger partial charge in [0, 0.05) is 13.8 Å². The van der Waals surface area contributed by atoms with Gasteiger partial charge in [-0.1, -0.05) is 12.1 Å². The molecule has 7 nitrogen and oxygen atoms in total. The Balaban J connectivity index is 2.15. The first-order valence-electron chi connectivity index (χ1n) is 6.30. The van der Waals surface area contributed by atoms with Crippen molar-refractivity contribution in [1.82, 2.24) is 10.2 Å². The molecule has 1 heterocycles. The number of carbonyl (C=O) groups excluding carboxylic acids is 2. The molecule has 1 aromatic carbocycles. The second-order valence-corrected chi connectivity index (χ2v) is 4.47. The van der Waals surface area contributed by atoms with E-state index in [2.05, 4.69) is 15.5 Å². The number of anilines is 1. The van der Waals surface area contributed by atoms with Gasteiger partial charge >= 0.3 is 5.97 Å². The maximum atomic E-state index is 12.1. The number of esters is 1. The molecule has 0 bridgehead atoms. The van der Waals surface area contributed by atoms with E-state index in [9.17, 15) is 9.59 Å². The summed E-state index contributed by atoms with van der Waals surface area (Å²) >= 11 is 0. The van der Waals surface area contributed by atoms with Gasteiger partial charge in [-0.25, -0.2) is 4.79 Å². The van der Waals surface area contributed by atoms with Crippen molar-refractivity contribution in [3.8, 4) is 0 Å². The van der Waals surface area contributed by atoms with Crippen LogP contribution in [0, 0.1) is 13.8 Å². The molecule has 0 saturated carbocycles. The standard InChI is InChI=1S/C14H15N3O4/c1-8-5-4-6-11(13(8)15-9(2)18)14(19)20-7-12-17-16-10(3)21-12/h4-6H,7H2,1-3H3,(H,15,18). The van der Waals surface area contributed by atoms with Crippen LogP contribution in [0.5, 0.6) is 0 Å². The minimum Gasteiger partial charge on any atom is -0.452 e. The van der Waals surface area contributed by atoms with Crippen LogP contribution < -0.4 is 5.32 Å². The Hall–Kier alpha value is -2.70. The van der Waals surface area contributed by atoms with Crippen molar-refractivity contribution in [3.63, 3.8) is 0 Å². The molecule has 110 valence electrons. The van der Waals surface area contributed by atoms with Crippen molar-refractivity contribution in [2.45, 2.75) is 27.4 Å². The molecule has 0 aliphatic rings. The number of amides is 1. The van der Waals surface area contributed by atoms with Crippen LogP contribution >= 0.6 is 0 Å². The summed E-state index contributed by atoms with van der Waals surface area (Å²) < 4.78 is 10.2. The topological polar surface area (TPSA) is 94.3 Å². The molecule has 2 aromatic rings. The minimum absolute atomic E-state index is 0.118. The van der Waals surface area contributed by atoms with E-state index >= 15 is 0 Å². The molecular formula is C14H15N3O4. The fraction of sp³-hybridized carbons (Fsp3) is 0.286. The van der Waals surface area contributed by atoms with Crippen LogP contribution in [0.15, 0.2) is 22.6 Å². The van der Waals surface area contributed by atoms with Crippen LogP contribution in [-0.4, -0.2) is 22.1 Å². The van der Waals surface area contributed by atoms with Crippen LogP contribution in [-0.2, 0) is 16.1 Å². The maximum absolute atomic E-state index is 12.1. The number of aromatic nitrogens is 2. The molecule has 0 fully saturated rings. The van der Waals surface area contributed by atoms with Gasteiger partial charge in [-0.3, -0.25) is 4.79 Å². The Kier molecular flexibility index (Phi) is 4.32. The lowest BCUT2D eigenvalue weighted by Crippen LogP contribution is -2.14. The van der Waals surface area contributed by atoms with Gasteiger partial charge in [0.1, 0.15) is 0 Å². The molecule has 0 aliphatic carbocycles. The number of benzene rings is 1. The summed E-state index contributed by atoms with van der Waals surface area (Å²) in [4.78, 5) is 23.3. The molecule has 7 heteroatoms. The van der Waals surface area contributed by atoms with E-state index in [0.717, 1.165) is 5.56 Å². The highest BCUT2D eigenvalue weighted by Gasteiger charge is 2.16. The smallest absolute Gasteiger partial charge is 0.340 e. The lowest BCUT2D eigenvalue weighted by molar-refractivity contribution is -0.114. The van der Waals surface area contributed by atoms with E-state index in [0.29, 0.717) is 11.6 Å². The number of rotatable bonds is 4. The molecule has 2 rings (SSSR count). The summed E-state index contributed by atoms with van der Waals surface area (Å²) in [6, 6.07) is 5.09. The van der Waals surface area contributed by atoms with Gasteiger partial charge in [0.15, 0.2) is 6.61 Å². The number of aryl methyl sites for hydroxylation is 2. The molecule has 0 radical (unpaired) electrons. The van der Waals surface area contributed by atoms with Gasteiger partial charge in [-0.2, -0.15) is 0 Å². The van der Waals surface area contributed by atoms with Crippen molar-refractivity contribution in [2.24, 2.45) is 0 Å². The van der Waals surface area contributed by atoms with Crippen LogP contribution in [0.3, 0.4) is 0 Å². The number of ether oxygens (including phenoxy) is 1. The average molecular weight is 289 g/mol. The summed E-state index contributed by atoms with van der Waals surface area (Å²) in [6.07, 6.45) is 0. The van der Waals surface area contributed by atoms with Crippen LogP contribution in [0.1, 0.15) is 34.6 Å². The molecular weight excluding hydrogens is 274 g/mol. The quantitative estimate of drug-likeness (QED) is 0.865. The summed E-state index contributed by atoms with van der Waals surface area (Å²) in [5.74, 6) is -0.214. The molecule has 1 N–H and O–H groups in total. The molecule has 1 amide bonds. The first-order valence-corrected chi connectivity index (χ1v) is 6.30. The summed E-state index contributed by atoms with van der Waals surface area (Å²) in [5, 5.41) is 10.0. The number of nitrogens with zero attached hydrogens (tertiary/aromatic N) is 2. The molecule has 21 heavy (non-hydrogen) atoms. The molecule has 0 unspecified atom stereocenters. The zero-order chi connectivity index (χ0) is 15.4.